The van der Waals surface area contributed by atoms with Crippen LogP contribution < -0.4 is 10.6 Å². The molecule has 0 unspecified atom stereocenters. The Hall–Kier alpha value is -2.45. The number of nitrogens with zero attached hydrogens (tertiary/aromatic N) is 4. The largest absolute Gasteiger partial charge is 0.417 e. The van der Waals surface area contributed by atoms with Gasteiger partial charge in [-0.2, -0.15) is 28.1 Å². The molecule has 2 aromatic rings. The van der Waals surface area contributed by atoms with Gasteiger partial charge in [-0.25, -0.2) is 0 Å². The lowest BCUT2D eigenvalue weighted by molar-refractivity contribution is -0.137. The molecule has 6 nitrogen and oxygen atoms in total. The van der Waals surface area contributed by atoms with Crippen molar-refractivity contribution in [1.29, 1.82) is 0 Å². The van der Waals surface area contributed by atoms with Gasteiger partial charge in [0.1, 0.15) is 0 Å². The van der Waals surface area contributed by atoms with Crippen molar-refractivity contribution >= 4 is 11.9 Å². The van der Waals surface area contributed by atoms with Crippen molar-refractivity contribution in [1.82, 2.24) is 19.9 Å². The highest BCUT2D eigenvalue weighted by molar-refractivity contribution is 5.58. The highest BCUT2D eigenvalue weighted by Gasteiger charge is 2.32. The Morgan fingerprint density at radius 1 is 0.893 bits per heavy atom. The molecule has 2 aliphatic rings. The molecular formula is C19H23F3N6. The van der Waals surface area contributed by atoms with Gasteiger partial charge in [0.2, 0.25) is 11.9 Å². The summed E-state index contributed by atoms with van der Waals surface area (Å²) in [6.45, 7) is 4.12. The summed E-state index contributed by atoms with van der Waals surface area (Å²) in [6, 6.07) is 1.41. The van der Waals surface area contributed by atoms with Crippen molar-refractivity contribution in [3.8, 4) is 11.4 Å². The standard InChI is InChI=1S/C19H23F3N6/c1-10(12-3-4-12)24-17-26-16(14-7-15(9-23-8-14)19(20,21)22)27-18(28-17)25-11(2)13-5-6-13/h7-13H,3-6H2,1-2H3,(H2,24,25,26,27,28)/t10-,11-/m1/s1. The van der Waals surface area contributed by atoms with Gasteiger partial charge in [0.15, 0.2) is 5.82 Å². The quantitative estimate of drug-likeness (QED) is 0.729. The molecule has 2 heterocycles. The average molecular weight is 392 g/mol. The first-order chi connectivity index (χ1) is 13.3. The molecule has 2 atom stereocenters. The van der Waals surface area contributed by atoms with Crippen LogP contribution in [-0.2, 0) is 6.18 Å². The van der Waals surface area contributed by atoms with Crippen molar-refractivity contribution in [2.45, 2.75) is 57.8 Å². The number of anilines is 2. The van der Waals surface area contributed by atoms with Gasteiger partial charge in [0.05, 0.1) is 5.56 Å². The fraction of sp³-hybridized carbons (Fsp3) is 0.579. The molecule has 4 rings (SSSR count). The first-order valence-electron chi connectivity index (χ1n) is 9.61. The number of halogens is 3. The van der Waals surface area contributed by atoms with Crippen LogP contribution in [0, 0.1) is 11.8 Å². The van der Waals surface area contributed by atoms with Gasteiger partial charge in [-0.1, -0.05) is 0 Å². The molecule has 0 radical (unpaired) electrons. The van der Waals surface area contributed by atoms with E-state index in [9.17, 15) is 13.2 Å². The van der Waals surface area contributed by atoms with Crippen LogP contribution in [-0.4, -0.2) is 32.0 Å². The van der Waals surface area contributed by atoms with Crippen LogP contribution in [0.4, 0.5) is 25.1 Å². The molecule has 150 valence electrons. The van der Waals surface area contributed by atoms with Crippen molar-refractivity contribution in [2.75, 3.05) is 10.6 Å². The number of hydrogen-bond acceptors (Lipinski definition) is 6. The average Bonchev–Trinajstić information content (AvgIpc) is 3.53. The molecule has 0 aromatic carbocycles. The first kappa shape index (κ1) is 18.9. The lowest BCUT2D eigenvalue weighted by atomic mass is 10.2. The molecule has 2 saturated carbocycles. The van der Waals surface area contributed by atoms with E-state index in [1.165, 1.54) is 6.20 Å². The van der Waals surface area contributed by atoms with E-state index in [1.807, 2.05) is 0 Å². The molecule has 0 saturated heterocycles. The second-order valence-corrected chi connectivity index (χ2v) is 7.81. The summed E-state index contributed by atoms with van der Waals surface area (Å²) in [4.78, 5) is 16.9. The predicted molar refractivity (Wildman–Crippen MR) is 99.7 cm³/mol. The topological polar surface area (TPSA) is 75.6 Å². The molecule has 0 aliphatic heterocycles. The molecule has 9 heteroatoms. The normalized spacial score (nSPS) is 19.2. The highest BCUT2D eigenvalue weighted by Crippen LogP contribution is 2.35. The van der Waals surface area contributed by atoms with Crippen LogP contribution in [0.5, 0.6) is 0 Å². The zero-order chi connectivity index (χ0) is 19.9. The second-order valence-electron chi connectivity index (χ2n) is 7.81. The zero-order valence-electron chi connectivity index (χ0n) is 15.8. The maximum atomic E-state index is 13.1. The van der Waals surface area contributed by atoms with Gasteiger partial charge < -0.3 is 10.6 Å². The molecule has 2 aromatic heterocycles. The van der Waals surface area contributed by atoms with Gasteiger partial charge in [-0.15, -0.1) is 0 Å². The van der Waals surface area contributed by atoms with Crippen molar-refractivity contribution < 1.29 is 13.2 Å². The van der Waals surface area contributed by atoms with E-state index in [-0.39, 0.29) is 23.5 Å². The van der Waals surface area contributed by atoms with Gasteiger partial charge in [-0.05, 0) is 57.4 Å². The van der Waals surface area contributed by atoms with Crippen LogP contribution in [0.3, 0.4) is 0 Å². The predicted octanol–water partition coefficient (Wildman–Crippen LogP) is 4.37. The van der Waals surface area contributed by atoms with Gasteiger partial charge >= 0.3 is 6.18 Å². The van der Waals surface area contributed by atoms with E-state index < -0.39 is 11.7 Å². The molecule has 2 aliphatic carbocycles. The Bertz CT molecular complexity index is 810. The minimum absolute atomic E-state index is 0.171. The van der Waals surface area contributed by atoms with Crippen LogP contribution in [0.15, 0.2) is 18.5 Å². The number of nitrogens with one attached hydrogen (secondary N) is 2. The maximum Gasteiger partial charge on any atom is 0.417 e. The Kier molecular flexibility index (Phi) is 4.84. The fourth-order valence-electron chi connectivity index (χ4n) is 3.19. The summed E-state index contributed by atoms with van der Waals surface area (Å²) in [5, 5.41) is 6.54. The summed E-state index contributed by atoms with van der Waals surface area (Å²) in [7, 11) is 0. The summed E-state index contributed by atoms with van der Waals surface area (Å²) in [5.41, 5.74) is -0.617. The lowest BCUT2D eigenvalue weighted by Gasteiger charge is -2.17. The summed E-state index contributed by atoms with van der Waals surface area (Å²) in [5.74, 6) is 2.07. The Morgan fingerprint density at radius 3 is 1.89 bits per heavy atom. The molecule has 28 heavy (non-hydrogen) atoms. The minimum Gasteiger partial charge on any atom is -0.351 e. The van der Waals surface area contributed by atoms with E-state index >= 15 is 0 Å². The molecular weight excluding hydrogens is 369 g/mol. The minimum atomic E-state index is -4.47. The van der Waals surface area contributed by atoms with Crippen molar-refractivity contribution in [2.24, 2.45) is 11.8 Å². The van der Waals surface area contributed by atoms with Gasteiger partial charge in [0, 0.05) is 30.0 Å². The molecule has 0 amide bonds. The number of alkyl halides is 3. The van der Waals surface area contributed by atoms with E-state index in [4.69, 9.17) is 0 Å². The van der Waals surface area contributed by atoms with Crippen LogP contribution in [0.1, 0.15) is 45.1 Å². The third kappa shape index (κ3) is 4.51. The monoisotopic (exact) mass is 392 g/mol. The fourth-order valence-corrected chi connectivity index (χ4v) is 3.19. The van der Waals surface area contributed by atoms with Crippen LogP contribution in [0.25, 0.3) is 11.4 Å². The second kappa shape index (κ2) is 7.18. The third-order valence-corrected chi connectivity index (χ3v) is 5.33. The summed E-state index contributed by atoms with van der Waals surface area (Å²) < 4.78 is 39.2. The molecule has 0 bridgehead atoms. The van der Waals surface area contributed by atoms with Gasteiger partial charge in [-0.3, -0.25) is 4.98 Å². The maximum absolute atomic E-state index is 13.1. The number of aromatic nitrogens is 4. The zero-order valence-corrected chi connectivity index (χ0v) is 15.8. The number of hydrogen-bond donors (Lipinski definition) is 2. The lowest BCUT2D eigenvalue weighted by Crippen LogP contribution is -2.23. The van der Waals surface area contributed by atoms with Crippen LogP contribution >= 0.6 is 0 Å². The highest BCUT2D eigenvalue weighted by atomic mass is 19.4. The van der Waals surface area contributed by atoms with E-state index in [0.717, 1.165) is 37.9 Å². The number of pyridine rings is 1. The SMILES string of the molecule is C[C@@H](Nc1nc(N[C@H](C)C2CC2)nc(-c2cncc(C(F)(F)F)c2)n1)C1CC1. The Balaban J connectivity index is 1.66. The third-order valence-electron chi connectivity index (χ3n) is 5.33. The molecule has 0 spiro atoms. The Labute approximate surface area is 161 Å². The van der Waals surface area contributed by atoms with E-state index in [2.05, 4.69) is 44.4 Å². The van der Waals surface area contributed by atoms with Gasteiger partial charge in [0.25, 0.3) is 0 Å². The summed E-state index contributed by atoms with van der Waals surface area (Å²) >= 11 is 0. The molecule has 2 fully saturated rings. The van der Waals surface area contributed by atoms with E-state index in [0.29, 0.717) is 23.7 Å². The van der Waals surface area contributed by atoms with E-state index in [1.54, 1.807) is 0 Å². The number of rotatable bonds is 7. The van der Waals surface area contributed by atoms with Crippen molar-refractivity contribution in [3.63, 3.8) is 0 Å². The molecule has 2 N–H and O–H groups in total. The van der Waals surface area contributed by atoms with Crippen molar-refractivity contribution in [3.05, 3.63) is 24.0 Å². The first-order valence-corrected chi connectivity index (χ1v) is 9.61. The Morgan fingerprint density at radius 2 is 1.43 bits per heavy atom. The smallest absolute Gasteiger partial charge is 0.351 e. The summed E-state index contributed by atoms with van der Waals surface area (Å²) in [6.07, 6.45) is 2.31. The van der Waals surface area contributed by atoms with Crippen LogP contribution in [0.2, 0.25) is 0 Å².